The Kier molecular flexibility index (Phi) is 7.28. The van der Waals surface area contributed by atoms with Crippen molar-refractivity contribution >= 4 is 17.8 Å². The van der Waals surface area contributed by atoms with Gasteiger partial charge in [0.25, 0.3) is 0 Å². The third-order valence-corrected chi connectivity index (χ3v) is 3.13. The van der Waals surface area contributed by atoms with Gasteiger partial charge in [-0.25, -0.2) is 9.18 Å². The highest BCUT2D eigenvalue weighted by Crippen LogP contribution is 2.16. The average Bonchev–Trinajstić information content (AvgIpc) is 2.38. The van der Waals surface area contributed by atoms with Gasteiger partial charge in [-0.3, -0.25) is 0 Å². The maximum Gasteiger partial charge on any atom is 0.315 e. The van der Waals surface area contributed by atoms with E-state index in [9.17, 15) is 9.18 Å². The van der Waals surface area contributed by atoms with Crippen molar-refractivity contribution < 1.29 is 14.3 Å². The standard InChI is InChI=1S/C13H19FN2O2S/c1-19-9-11-7-12(14)4-3-10(11)8-16-13(18)15-5-2-6-17/h3-4,7,17H,2,5-6,8-9H2,1H3,(H2,15,16,18). The molecule has 0 heterocycles. The molecule has 19 heavy (non-hydrogen) atoms. The van der Waals surface area contributed by atoms with Crippen LogP contribution in [0.25, 0.3) is 0 Å². The molecule has 0 radical (unpaired) electrons. The summed E-state index contributed by atoms with van der Waals surface area (Å²) in [7, 11) is 0. The van der Waals surface area contributed by atoms with Crippen molar-refractivity contribution in [2.24, 2.45) is 0 Å². The van der Waals surface area contributed by atoms with Crippen LogP contribution in [0.1, 0.15) is 17.5 Å². The van der Waals surface area contributed by atoms with Gasteiger partial charge in [0.15, 0.2) is 0 Å². The summed E-state index contributed by atoms with van der Waals surface area (Å²) in [4.78, 5) is 11.4. The van der Waals surface area contributed by atoms with Gasteiger partial charge in [-0.2, -0.15) is 11.8 Å². The van der Waals surface area contributed by atoms with E-state index in [4.69, 9.17) is 5.11 Å². The Morgan fingerprint density at radius 2 is 2.16 bits per heavy atom. The minimum Gasteiger partial charge on any atom is -0.396 e. The van der Waals surface area contributed by atoms with Gasteiger partial charge < -0.3 is 15.7 Å². The summed E-state index contributed by atoms with van der Waals surface area (Å²) in [5, 5.41) is 13.9. The molecule has 0 fully saturated rings. The van der Waals surface area contributed by atoms with Crippen LogP contribution in [0.15, 0.2) is 18.2 Å². The maximum atomic E-state index is 13.1. The topological polar surface area (TPSA) is 61.4 Å². The number of hydrogen-bond acceptors (Lipinski definition) is 3. The first-order valence-electron chi connectivity index (χ1n) is 6.06. The zero-order chi connectivity index (χ0) is 14.1. The van der Waals surface area contributed by atoms with Crippen molar-refractivity contribution in [1.29, 1.82) is 0 Å². The van der Waals surface area contributed by atoms with Crippen molar-refractivity contribution in [3.63, 3.8) is 0 Å². The number of aliphatic hydroxyl groups excluding tert-OH is 1. The van der Waals surface area contributed by atoms with Crippen molar-refractivity contribution in [3.05, 3.63) is 35.1 Å². The summed E-state index contributed by atoms with van der Waals surface area (Å²) < 4.78 is 13.1. The number of benzene rings is 1. The van der Waals surface area contributed by atoms with Crippen molar-refractivity contribution in [1.82, 2.24) is 10.6 Å². The van der Waals surface area contributed by atoms with Crippen LogP contribution in [0.4, 0.5) is 9.18 Å². The number of nitrogens with one attached hydrogen (secondary N) is 2. The van der Waals surface area contributed by atoms with E-state index >= 15 is 0 Å². The van der Waals surface area contributed by atoms with E-state index in [1.165, 1.54) is 12.1 Å². The monoisotopic (exact) mass is 286 g/mol. The lowest BCUT2D eigenvalue weighted by molar-refractivity contribution is 0.237. The molecule has 106 valence electrons. The molecule has 0 aliphatic rings. The molecule has 2 amide bonds. The van der Waals surface area contributed by atoms with Gasteiger partial charge in [0.05, 0.1) is 0 Å². The van der Waals surface area contributed by atoms with Gasteiger partial charge in [-0.1, -0.05) is 6.07 Å². The van der Waals surface area contributed by atoms with E-state index in [0.29, 0.717) is 25.3 Å². The van der Waals surface area contributed by atoms with Gasteiger partial charge in [0.2, 0.25) is 0 Å². The molecule has 0 atom stereocenters. The van der Waals surface area contributed by atoms with Gasteiger partial charge in [-0.05, 0) is 35.9 Å². The summed E-state index contributed by atoms with van der Waals surface area (Å²) in [5.41, 5.74) is 1.80. The molecule has 0 unspecified atom stereocenters. The molecule has 1 aromatic rings. The van der Waals surface area contributed by atoms with Gasteiger partial charge in [-0.15, -0.1) is 0 Å². The summed E-state index contributed by atoms with van der Waals surface area (Å²) >= 11 is 1.61. The van der Waals surface area contributed by atoms with E-state index in [1.54, 1.807) is 17.8 Å². The highest BCUT2D eigenvalue weighted by molar-refractivity contribution is 7.97. The minimum atomic E-state index is -0.284. The minimum absolute atomic E-state index is 0.0517. The quantitative estimate of drug-likeness (QED) is 0.671. The van der Waals surface area contributed by atoms with Gasteiger partial charge in [0.1, 0.15) is 5.82 Å². The van der Waals surface area contributed by atoms with Crippen LogP contribution < -0.4 is 10.6 Å². The van der Waals surface area contributed by atoms with Crippen LogP contribution in [0.5, 0.6) is 0 Å². The molecule has 0 aliphatic heterocycles. The fourth-order valence-corrected chi connectivity index (χ4v) is 2.16. The number of urea groups is 1. The third-order valence-electron chi connectivity index (χ3n) is 2.53. The highest BCUT2D eigenvalue weighted by Gasteiger charge is 2.06. The Balaban J connectivity index is 2.50. The highest BCUT2D eigenvalue weighted by atomic mass is 32.2. The molecule has 0 saturated carbocycles. The van der Waals surface area contributed by atoms with Crippen LogP contribution in [0.3, 0.4) is 0 Å². The molecule has 3 N–H and O–H groups in total. The number of rotatable bonds is 7. The van der Waals surface area contributed by atoms with Crippen molar-refractivity contribution in [2.45, 2.75) is 18.7 Å². The SMILES string of the molecule is CSCc1cc(F)ccc1CNC(=O)NCCCO. The first-order chi connectivity index (χ1) is 9.17. The average molecular weight is 286 g/mol. The molecule has 6 heteroatoms. The predicted octanol–water partition coefficient (Wildman–Crippen LogP) is 1.87. The van der Waals surface area contributed by atoms with E-state index in [0.717, 1.165) is 11.1 Å². The maximum absolute atomic E-state index is 13.1. The lowest BCUT2D eigenvalue weighted by atomic mass is 10.1. The van der Waals surface area contributed by atoms with Gasteiger partial charge >= 0.3 is 6.03 Å². The van der Waals surface area contributed by atoms with Crippen molar-refractivity contribution in [2.75, 3.05) is 19.4 Å². The molecule has 0 bridgehead atoms. The molecule has 1 aromatic carbocycles. The van der Waals surface area contributed by atoms with E-state index in [1.807, 2.05) is 6.26 Å². The second-order valence-electron chi connectivity index (χ2n) is 4.03. The Hall–Kier alpha value is -1.27. The predicted molar refractivity (Wildman–Crippen MR) is 75.6 cm³/mol. The van der Waals surface area contributed by atoms with E-state index in [2.05, 4.69) is 10.6 Å². The molecule has 0 aliphatic carbocycles. The lowest BCUT2D eigenvalue weighted by Gasteiger charge is -2.11. The Labute approximate surface area is 116 Å². The third kappa shape index (κ3) is 5.94. The molecule has 0 spiro atoms. The Bertz CT molecular complexity index is 416. The Morgan fingerprint density at radius 1 is 1.37 bits per heavy atom. The van der Waals surface area contributed by atoms with Crippen LogP contribution in [-0.4, -0.2) is 30.5 Å². The molecule has 0 aromatic heterocycles. The number of carbonyl (C=O) groups excluding carboxylic acids is 1. The zero-order valence-electron chi connectivity index (χ0n) is 10.9. The molecule has 0 saturated heterocycles. The Morgan fingerprint density at radius 3 is 2.84 bits per heavy atom. The van der Waals surface area contributed by atoms with E-state index in [-0.39, 0.29) is 18.5 Å². The van der Waals surface area contributed by atoms with E-state index < -0.39 is 0 Å². The molecule has 4 nitrogen and oxygen atoms in total. The smallest absolute Gasteiger partial charge is 0.315 e. The first-order valence-corrected chi connectivity index (χ1v) is 7.45. The zero-order valence-corrected chi connectivity index (χ0v) is 11.7. The number of aliphatic hydroxyl groups is 1. The summed E-state index contributed by atoms with van der Waals surface area (Å²) in [5.74, 6) is 0.446. The second-order valence-corrected chi connectivity index (χ2v) is 4.90. The second kappa shape index (κ2) is 8.77. The van der Waals surface area contributed by atoms with Crippen LogP contribution in [-0.2, 0) is 12.3 Å². The summed E-state index contributed by atoms with van der Waals surface area (Å²) in [6, 6.07) is 4.30. The molecular weight excluding hydrogens is 267 g/mol. The normalized spacial score (nSPS) is 10.3. The summed E-state index contributed by atoms with van der Waals surface area (Å²) in [6.07, 6.45) is 2.48. The fourth-order valence-electron chi connectivity index (χ4n) is 1.58. The largest absolute Gasteiger partial charge is 0.396 e. The fraction of sp³-hybridized carbons (Fsp3) is 0.462. The lowest BCUT2D eigenvalue weighted by Crippen LogP contribution is -2.36. The van der Waals surface area contributed by atoms with Crippen molar-refractivity contribution in [3.8, 4) is 0 Å². The number of amides is 2. The molecule has 1 rings (SSSR count). The van der Waals surface area contributed by atoms with Gasteiger partial charge in [0, 0.05) is 25.4 Å². The molecular formula is C13H19FN2O2S. The van der Waals surface area contributed by atoms with Crippen LogP contribution in [0.2, 0.25) is 0 Å². The first kappa shape index (κ1) is 15.8. The number of carbonyl (C=O) groups is 1. The van der Waals surface area contributed by atoms with Crippen LogP contribution in [0, 0.1) is 5.82 Å². The number of thioether (sulfide) groups is 1. The number of halogens is 1. The van der Waals surface area contributed by atoms with Crippen LogP contribution >= 0.6 is 11.8 Å². The summed E-state index contributed by atoms with van der Waals surface area (Å²) in [6.45, 7) is 0.848. The number of hydrogen-bond donors (Lipinski definition) is 3.